The van der Waals surface area contributed by atoms with Crippen LogP contribution in [0.3, 0.4) is 0 Å². The lowest BCUT2D eigenvalue weighted by Crippen LogP contribution is -2.59. The van der Waals surface area contributed by atoms with E-state index in [9.17, 15) is 19.5 Å². The monoisotopic (exact) mass is 423 g/mol. The van der Waals surface area contributed by atoms with Crippen molar-refractivity contribution in [3.63, 3.8) is 0 Å². The van der Waals surface area contributed by atoms with Crippen LogP contribution in [-0.4, -0.2) is 22.9 Å². The molecule has 3 aliphatic carbocycles. The van der Waals surface area contributed by atoms with E-state index in [1.807, 2.05) is 24.3 Å². The maximum atomic E-state index is 13.9. The Balaban J connectivity index is 1.60. The fraction of sp³-hybridized carbons (Fsp3) is 0.222. The minimum absolute atomic E-state index is 0.115. The molecule has 3 aromatic rings. The summed E-state index contributed by atoms with van der Waals surface area (Å²) >= 11 is 0. The fourth-order valence-electron chi connectivity index (χ4n) is 6.58. The Kier molecular flexibility index (Phi) is 3.53. The number of amides is 2. The van der Waals surface area contributed by atoms with Crippen LogP contribution < -0.4 is 4.90 Å². The molecule has 0 aromatic heterocycles. The van der Waals surface area contributed by atoms with Gasteiger partial charge in [0.15, 0.2) is 0 Å². The van der Waals surface area contributed by atoms with Crippen LogP contribution in [0.4, 0.5) is 5.69 Å². The Morgan fingerprint density at radius 2 is 1.09 bits per heavy atom. The number of benzene rings is 3. The first-order valence-corrected chi connectivity index (χ1v) is 10.7. The number of hydrogen-bond donors (Lipinski definition) is 1. The van der Waals surface area contributed by atoms with Gasteiger partial charge in [-0.1, -0.05) is 62.4 Å². The summed E-state index contributed by atoms with van der Waals surface area (Å²) in [6.45, 7) is 4.17. The van der Waals surface area contributed by atoms with E-state index in [4.69, 9.17) is 0 Å². The molecule has 0 unspecified atom stereocenters. The first-order valence-electron chi connectivity index (χ1n) is 10.7. The number of carboxylic acids is 1. The van der Waals surface area contributed by atoms with Crippen molar-refractivity contribution in [2.24, 2.45) is 11.8 Å². The number of anilines is 1. The molecule has 4 aliphatic rings. The molecule has 0 saturated carbocycles. The van der Waals surface area contributed by atoms with Gasteiger partial charge in [0.1, 0.15) is 0 Å². The number of carbonyl (C=O) groups is 3. The molecule has 2 atom stereocenters. The maximum Gasteiger partial charge on any atom is 0.335 e. The molecule has 3 aromatic carbocycles. The quantitative estimate of drug-likeness (QED) is 0.629. The van der Waals surface area contributed by atoms with Crippen LogP contribution in [0.15, 0.2) is 72.8 Å². The highest BCUT2D eigenvalue weighted by atomic mass is 16.4. The number of hydrogen-bond acceptors (Lipinski definition) is 3. The van der Waals surface area contributed by atoms with Gasteiger partial charge < -0.3 is 5.11 Å². The highest BCUT2D eigenvalue weighted by Gasteiger charge is 2.70. The number of carbonyl (C=O) groups excluding carboxylic acids is 2. The van der Waals surface area contributed by atoms with Crippen molar-refractivity contribution in [1.82, 2.24) is 0 Å². The van der Waals surface area contributed by atoms with Gasteiger partial charge in [0.25, 0.3) is 0 Å². The van der Waals surface area contributed by atoms with E-state index in [0.717, 1.165) is 22.3 Å². The van der Waals surface area contributed by atoms with Gasteiger partial charge in [0.05, 0.1) is 23.1 Å². The van der Waals surface area contributed by atoms with E-state index >= 15 is 0 Å². The molecular weight excluding hydrogens is 402 g/mol. The average molecular weight is 423 g/mol. The Labute approximate surface area is 185 Å². The smallest absolute Gasteiger partial charge is 0.335 e. The standard InChI is InChI=1S/C27H21NO4/c1-26-17-7-3-5-9-19(17)27(2,20-10-6-4-8-18(20)26)22-21(26)23(29)28(24(22)30)16-13-11-15(12-14-16)25(31)32/h3-14,21-22H,1-2H3,(H,31,32)/t21-,22+,26?,27?. The minimum Gasteiger partial charge on any atom is -0.478 e. The second kappa shape index (κ2) is 5.94. The summed E-state index contributed by atoms with van der Waals surface area (Å²) in [4.78, 5) is 40.4. The van der Waals surface area contributed by atoms with Gasteiger partial charge in [-0.15, -0.1) is 0 Å². The molecule has 5 heteroatoms. The maximum absolute atomic E-state index is 13.9. The zero-order valence-electron chi connectivity index (χ0n) is 17.7. The highest BCUT2D eigenvalue weighted by Crippen LogP contribution is 2.66. The van der Waals surface area contributed by atoms with Crippen LogP contribution in [0.5, 0.6) is 0 Å². The van der Waals surface area contributed by atoms with Crippen molar-refractivity contribution in [2.45, 2.75) is 24.7 Å². The molecule has 1 N–H and O–H groups in total. The van der Waals surface area contributed by atoms with E-state index in [-0.39, 0.29) is 17.4 Å². The Morgan fingerprint density at radius 3 is 1.44 bits per heavy atom. The predicted octanol–water partition coefficient (Wildman–Crippen LogP) is 4.13. The topological polar surface area (TPSA) is 74.7 Å². The molecule has 1 aliphatic heterocycles. The first kappa shape index (κ1) is 19.0. The van der Waals surface area contributed by atoms with Gasteiger partial charge in [-0.05, 0) is 46.5 Å². The van der Waals surface area contributed by atoms with Crippen molar-refractivity contribution in [3.8, 4) is 0 Å². The van der Waals surface area contributed by atoms with Gasteiger partial charge in [0.2, 0.25) is 11.8 Å². The summed E-state index contributed by atoms with van der Waals surface area (Å²) in [6, 6.07) is 22.3. The number of carboxylic acid groups (broad SMARTS) is 1. The molecule has 7 rings (SSSR count). The highest BCUT2D eigenvalue weighted by molar-refractivity contribution is 6.24. The molecule has 0 radical (unpaired) electrons. The normalized spacial score (nSPS) is 29.5. The lowest BCUT2D eigenvalue weighted by molar-refractivity contribution is -0.124. The lowest BCUT2D eigenvalue weighted by atomic mass is 9.42. The molecule has 2 amide bonds. The molecule has 2 bridgehead atoms. The number of nitrogens with zero attached hydrogens (tertiary/aromatic N) is 1. The number of rotatable bonds is 2. The van der Waals surface area contributed by atoms with E-state index in [1.165, 1.54) is 17.0 Å². The van der Waals surface area contributed by atoms with Gasteiger partial charge >= 0.3 is 5.97 Å². The lowest BCUT2D eigenvalue weighted by Gasteiger charge is -2.57. The SMILES string of the molecule is CC12c3ccccc3C(C)(c3ccccc31)[C@H]1C(=O)N(c3ccc(C(=O)O)cc3)C(=O)[C@H]12. The molecule has 158 valence electrons. The summed E-state index contributed by atoms with van der Waals surface area (Å²) in [6.07, 6.45) is 0. The summed E-state index contributed by atoms with van der Waals surface area (Å²) in [5.41, 5.74) is 3.69. The molecule has 5 nitrogen and oxygen atoms in total. The van der Waals surface area contributed by atoms with Crippen LogP contribution in [-0.2, 0) is 20.4 Å². The molecule has 0 spiro atoms. The van der Waals surface area contributed by atoms with Crippen LogP contribution >= 0.6 is 0 Å². The fourth-order valence-corrected chi connectivity index (χ4v) is 6.58. The summed E-state index contributed by atoms with van der Waals surface area (Å²) in [5.74, 6) is -2.54. The zero-order chi connectivity index (χ0) is 22.4. The molecular formula is C27H21NO4. The Bertz CT molecular complexity index is 1220. The van der Waals surface area contributed by atoms with E-state index < -0.39 is 28.6 Å². The van der Waals surface area contributed by atoms with E-state index in [1.54, 1.807) is 12.1 Å². The van der Waals surface area contributed by atoms with Crippen LogP contribution in [0, 0.1) is 11.8 Å². The van der Waals surface area contributed by atoms with Crippen LogP contribution in [0.25, 0.3) is 0 Å². The van der Waals surface area contributed by atoms with Crippen molar-refractivity contribution in [1.29, 1.82) is 0 Å². The molecule has 1 fully saturated rings. The largest absolute Gasteiger partial charge is 0.478 e. The third-order valence-electron chi connectivity index (χ3n) is 8.01. The second-order valence-corrected chi connectivity index (χ2v) is 9.32. The van der Waals surface area contributed by atoms with Gasteiger partial charge in [-0.3, -0.25) is 9.59 Å². The van der Waals surface area contributed by atoms with E-state index in [0.29, 0.717) is 5.69 Å². The van der Waals surface area contributed by atoms with Crippen molar-refractivity contribution < 1.29 is 19.5 Å². The van der Waals surface area contributed by atoms with Crippen molar-refractivity contribution in [3.05, 3.63) is 101 Å². The number of aromatic carboxylic acids is 1. The minimum atomic E-state index is -1.05. The second-order valence-electron chi connectivity index (χ2n) is 9.32. The Hall–Kier alpha value is -3.73. The third-order valence-corrected chi connectivity index (χ3v) is 8.01. The van der Waals surface area contributed by atoms with E-state index in [2.05, 4.69) is 38.1 Å². The average Bonchev–Trinajstić information content (AvgIpc) is 3.08. The summed E-state index contributed by atoms with van der Waals surface area (Å²) in [5, 5.41) is 9.21. The Morgan fingerprint density at radius 1 is 0.719 bits per heavy atom. The number of imide groups is 1. The van der Waals surface area contributed by atoms with Crippen molar-refractivity contribution >= 4 is 23.5 Å². The molecule has 32 heavy (non-hydrogen) atoms. The summed E-state index contributed by atoms with van der Waals surface area (Å²) in [7, 11) is 0. The zero-order valence-corrected chi connectivity index (χ0v) is 17.7. The summed E-state index contributed by atoms with van der Waals surface area (Å²) < 4.78 is 0. The van der Waals surface area contributed by atoms with Crippen molar-refractivity contribution in [2.75, 3.05) is 4.90 Å². The van der Waals surface area contributed by atoms with Crippen LogP contribution in [0.2, 0.25) is 0 Å². The first-order chi connectivity index (χ1) is 15.3. The molecule has 1 saturated heterocycles. The third kappa shape index (κ3) is 1.97. The molecule has 1 heterocycles. The van der Waals surface area contributed by atoms with Crippen LogP contribution in [0.1, 0.15) is 46.5 Å². The predicted molar refractivity (Wildman–Crippen MR) is 119 cm³/mol. The van der Waals surface area contributed by atoms with Gasteiger partial charge in [-0.2, -0.15) is 0 Å². The van der Waals surface area contributed by atoms with Gasteiger partial charge in [-0.25, -0.2) is 9.69 Å². The van der Waals surface area contributed by atoms with Gasteiger partial charge in [0, 0.05) is 10.8 Å².